The Labute approximate surface area is 160 Å². The first kappa shape index (κ1) is 19.1. The standard InChI is InChI=1S/C17H16ClN3O5S/c18-12-3-8-16(21(23)24)15(11-12)17(22)19-13-4-6-14(7-5-13)20-9-1-2-10-27(20,25)26/h3-8,11H,1-2,9-10H2,(H,19,22). The van der Waals surface area contributed by atoms with Gasteiger partial charge in [-0.15, -0.1) is 0 Å². The molecule has 0 bridgehead atoms. The van der Waals surface area contributed by atoms with Crippen LogP contribution in [0.4, 0.5) is 17.1 Å². The molecule has 0 aromatic heterocycles. The van der Waals surface area contributed by atoms with Gasteiger partial charge in [0.2, 0.25) is 10.0 Å². The van der Waals surface area contributed by atoms with Crippen molar-refractivity contribution in [2.24, 2.45) is 0 Å². The normalized spacial score (nSPS) is 16.0. The van der Waals surface area contributed by atoms with Gasteiger partial charge < -0.3 is 5.32 Å². The maximum atomic E-state index is 12.4. The second-order valence-corrected chi connectivity index (χ2v) is 8.46. The van der Waals surface area contributed by atoms with Gasteiger partial charge in [0.05, 0.1) is 16.4 Å². The fourth-order valence-corrected chi connectivity index (χ4v) is 4.65. The van der Waals surface area contributed by atoms with E-state index in [1.807, 2.05) is 0 Å². The Hall–Kier alpha value is -2.65. The number of nitro groups is 1. The summed E-state index contributed by atoms with van der Waals surface area (Å²) in [5, 5.41) is 13.9. The third-order valence-electron chi connectivity index (χ3n) is 4.16. The molecule has 0 saturated carbocycles. The minimum atomic E-state index is -3.32. The van der Waals surface area contributed by atoms with Gasteiger partial charge in [-0.2, -0.15) is 0 Å². The highest BCUT2D eigenvalue weighted by Gasteiger charge is 2.26. The van der Waals surface area contributed by atoms with Crippen molar-refractivity contribution in [3.05, 3.63) is 63.2 Å². The molecule has 2 aromatic rings. The Morgan fingerprint density at radius 2 is 1.85 bits per heavy atom. The Morgan fingerprint density at radius 1 is 1.15 bits per heavy atom. The zero-order chi connectivity index (χ0) is 19.6. The molecule has 27 heavy (non-hydrogen) atoms. The molecule has 0 radical (unpaired) electrons. The van der Waals surface area contributed by atoms with Gasteiger partial charge in [-0.1, -0.05) is 11.6 Å². The maximum absolute atomic E-state index is 12.4. The number of benzene rings is 2. The molecule has 0 atom stereocenters. The molecule has 142 valence electrons. The van der Waals surface area contributed by atoms with Gasteiger partial charge >= 0.3 is 0 Å². The lowest BCUT2D eigenvalue weighted by Crippen LogP contribution is -2.37. The summed E-state index contributed by atoms with van der Waals surface area (Å²) in [5.74, 6) is -0.563. The number of carbonyl (C=O) groups is 1. The second kappa shape index (κ2) is 7.53. The molecule has 1 amide bonds. The highest BCUT2D eigenvalue weighted by molar-refractivity contribution is 7.92. The smallest absolute Gasteiger partial charge is 0.282 e. The summed E-state index contributed by atoms with van der Waals surface area (Å²) < 4.78 is 25.6. The van der Waals surface area contributed by atoms with E-state index in [0.29, 0.717) is 24.3 Å². The molecule has 10 heteroatoms. The predicted molar refractivity (Wildman–Crippen MR) is 103 cm³/mol. The first-order valence-corrected chi connectivity index (χ1v) is 10.1. The molecule has 1 aliphatic heterocycles. The van der Waals surface area contributed by atoms with E-state index in [1.165, 1.54) is 22.5 Å². The van der Waals surface area contributed by atoms with Crippen molar-refractivity contribution >= 4 is 44.6 Å². The molecular formula is C17H16ClN3O5S. The number of nitrogens with zero attached hydrogens (tertiary/aromatic N) is 2. The van der Waals surface area contributed by atoms with Crippen LogP contribution in [-0.2, 0) is 10.0 Å². The summed E-state index contributed by atoms with van der Waals surface area (Å²) in [5.41, 5.74) is 0.386. The molecule has 1 aliphatic rings. The molecule has 0 spiro atoms. The monoisotopic (exact) mass is 409 g/mol. The molecule has 1 fully saturated rings. The first-order chi connectivity index (χ1) is 12.8. The first-order valence-electron chi connectivity index (χ1n) is 8.14. The molecule has 8 nitrogen and oxygen atoms in total. The fraction of sp³-hybridized carbons (Fsp3) is 0.235. The zero-order valence-electron chi connectivity index (χ0n) is 14.1. The van der Waals surface area contributed by atoms with Crippen molar-refractivity contribution < 1.29 is 18.1 Å². The molecule has 1 N–H and O–H groups in total. The summed E-state index contributed by atoms with van der Waals surface area (Å²) in [7, 11) is -3.32. The van der Waals surface area contributed by atoms with Crippen LogP contribution in [0, 0.1) is 10.1 Å². The van der Waals surface area contributed by atoms with Crippen LogP contribution in [0.3, 0.4) is 0 Å². The van der Waals surface area contributed by atoms with Crippen LogP contribution in [0.15, 0.2) is 42.5 Å². The topological polar surface area (TPSA) is 110 Å². The zero-order valence-corrected chi connectivity index (χ0v) is 15.7. The summed E-state index contributed by atoms with van der Waals surface area (Å²) in [4.78, 5) is 22.8. The summed E-state index contributed by atoms with van der Waals surface area (Å²) in [6, 6.07) is 10.0. The quantitative estimate of drug-likeness (QED) is 0.614. The van der Waals surface area contributed by atoms with Gasteiger partial charge in [-0.05, 0) is 49.2 Å². The number of halogens is 1. The fourth-order valence-electron chi connectivity index (χ4n) is 2.84. The molecule has 0 unspecified atom stereocenters. The van der Waals surface area contributed by atoms with Crippen molar-refractivity contribution in [2.45, 2.75) is 12.8 Å². The van der Waals surface area contributed by atoms with Crippen LogP contribution < -0.4 is 9.62 Å². The number of amides is 1. The van der Waals surface area contributed by atoms with Crippen LogP contribution in [0.5, 0.6) is 0 Å². The van der Waals surface area contributed by atoms with E-state index in [2.05, 4.69) is 5.32 Å². The largest absolute Gasteiger partial charge is 0.322 e. The predicted octanol–water partition coefficient (Wildman–Crippen LogP) is 3.43. The third kappa shape index (κ3) is 4.20. The van der Waals surface area contributed by atoms with E-state index in [4.69, 9.17) is 11.6 Å². The van der Waals surface area contributed by atoms with E-state index >= 15 is 0 Å². The average molecular weight is 410 g/mol. The van der Waals surface area contributed by atoms with Crippen LogP contribution in [-0.4, -0.2) is 31.5 Å². The van der Waals surface area contributed by atoms with E-state index in [-0.39, 0.29) is 22.0 Å². The van der Waals surface area contributed by atoms with Gasteiger partial charge in [0.25, 0.3) is 11.6 Å². The number of nitro benzene ring substituents is 1. The molecule has 3 rings (SSSR count). The number of rotatable bonds is 4. The Morgan fingerprint density at radius 3 is 2.48 bits per heavy atom. The van der Waals surface area contributed by atoms with Crippen LogP contribution >= 0.6 is 11.6 Å². The maximum Gasteiger partial charge on any atom is 0.282 e. The van der Waals surface area contributed by atoms with Gasteiger partial charge in [0.1, 0.15) is 5.56 Å². The molecular weight excluding hydrogens is 394 g/mol. The highest BCUT2D eigenvalue weighted by atomic mass is 35.5. The third-order valence-corrected chi connectivity index (χ3v) is 6.27. The minimum Gasteiger partial charge on any atom is -0.322 e. The SMILES string of the molecule is O=C(Nc1ccc(N2CCCCS2(=O)=O)cc1)c1cc(Cl)ccc1[N+](=O)[O-]. The van der Waals surface area contributed by atoms with Crippen LogP contribution in [0.2, 0.25) is 5.02 Å². The number of anilines is 2. The Kier molecular flexibility index (Phi) is 5.33. The lowest BCUT2D eigenvalue weighted by Gasteiger charge is -2.28. The second-order valence-electron chi connectivity index (χ2n) is 6.01. The minimum absolute atomic E-state index is 0.115. The van der Waals surface area contributed by atoms with Crippen LogP contribution in [0.25, 0.3) is 0 Å². The number of nitrogens with one attached hydrogen (secondary N) is 1. The van der Waals surface area contributed by atoms with E-state index in [0.717, 1.165) is 6.42 Å². The highest BCUT2D eigenvalue weighted by Crippen LogP contribution is 2.27. The number of hydrogen-bond donors (Lipinski definition) is 1. The van der Waals surface area contributed by atoms with Crippen molar-refractivity contribution in [2.75, 3.05) is 21.9 Å². The molecule has 2 aromatic carbocycles. The van der Waals surface area contributed by atoms with Crippen molar-refractivity contribution in [3.63, 3.8) is 0 Å². The lowest BCUT2D eigenvalue weighted by atomic mass is 10.1. The molecule has 0 aliphatic carbocycles. The van der Waals surface area contributed by atoms with E-state index in [1.54, 1.807) is 24.3 Å². The van der Waals surface area contributed by atoms with Crippen molar-refractivity contribution in [3.8, 4) is 0 Å². The van der Waals surface area contributed by atoms with E-state index in [9.17, 15) is 23.3 Å². The molecule has 1 heterocycles. The summed E-state index contributed by atoms with van der Waals surface area (Å²) in [6.45, 7) is 0.419. The Bertz CT molecular complexity index is 992. The van der Waals surface area contributed by atoms with Gasteiger partial charge in [-0.25, -0.2) is 8.42 Å². The van der Waals surface area contributed by atoms with Crippen molar-refractivity contribution in [1.29, 1.82) is 0 Å². The van der Waals surface area contributed by atoms with Gasteiger partial charge in [0.15, 0.2) is 0 Å². The van der Waals surface area contributed by atoms with E-state index < -0.39 is 20.9 Å². The van der Waals surface area contributed by atoms with Gasteiger partial charge in [-0.3, -0.25) is 19.2 Å². The number of sulfonamides is 1. The van der Waals surface area contributed by atoms with Crippen LogP contribution in [0.1, 0.15) is 23.2 Å². The molecule has 1 saturated heterocycles. The average Bonchev–Trinajstić information content (AvgIpc) is 2.62. The summed E-state index contributed by atoms with van der Waals surface area (Å²) in [6.07, 6.45) is 1.43. The Balaban J connectivity index is 1.80. The lowest BCUT2D eigenvalue weighted by molar-refractivity contribution is -0.385. The number of carbonyl (C=O) groups excluding carboxylic acids is 1. The van der Waals surface area contributed by atoms with Gasteiger partial charge in [0, 0.05) is 23.3 Å². The number of hydrogen-bond acceptors (Lipinski definition) is 5. The van der Waals surface area contributed by atoms with Crippen molar-refractivity contribution in [1.82, 2.24) is 0 Å². The summed E-state index contributed by atoms with van der Waals surface area (Å²) >= 11 is 5.84.